The monoisotopic (exact) mass is 225 g/mol. The zero-order chi connectivity index (χ0) is 10.8. The molecule has 2 atom stereocenters. The van der Waals surface area contributed by atoms with Crippen LogP contribution in [0.2, 0.25) is 0 Å². The lowest BCUT2D eigenvalue weighted by atomic mass is 10.1. The minimum Gasteiger partial charge on any atom is -0.495 e. The average Bonchev–Trinajstić information content (AvgIpc) is 2.57. The van der Waals surface area contributed by atoms with Crippen LogP contribution in [0.3, 0.4) is 0 Å². The van der Waals surface area contributed by atoms with Gasteiger partial charge in [-0.1, -0.05) is 19.1 Å². The molecule has 0 radical (unpaired) electrons. The Labute approximate surface area is 92.3 Å². The molecule has 1 aliphatic rings. The fraction of sp³-hybridized carbons (Fsp3) is 0.455. The van der Waals surface area contributed by atoms with Crippen molar-refractivity contribution in [1.82, 2.24) is 5.32 Å². The van der Waals surface area contributed by atoms with Crippen LogP contribution in [-0.2, 0) is 10.8 Å². The average molecular weight is 225 g/mol. The van der Waals surface area contributed by atoms with E-state index in [-0.39, 0.29) is 6.04 Å². The van der Waals surface area contributed by atoms with E-state index in [0.29, 0.717) is 5.75 Å². The highest BCUT2D eigenvalue weighted by molar-refractivity contribution is 7.85. The molecule has 0 spiro atoms. The number of methoxy groups -OCH3 is 1. The van der Waals surface area contributed by atoms with Crippen LogP contribution in [0.25, 0.3) is 0 Å². The topological polar surface area (TPSA) is 38.3 Å². The molecule has 0 aromatic heterocycles. The lowest BCUT2D eigenvalue weighted by Gasteiger charge is -2.11. The van der Waals surface area contributed by atoms with Gasteiger partial charge in [0.15, 0.2) is 0 Å². The summed E-state index contributed by atoms with van der Waals surface area (Å²) in [4.78, 5) is 0.867. The summed E-state index contributed by atoms with van der Waals surface area (Å²) >= 11 is 0. The van der Waals surface area contributed by atoms with Gasteiger partial charge in [0.1, 0.15) is 5.75 Å². The largest absolute Gasteiger partial charge is 0.495 e. The van der Waals surface area contributed by atoms with Crippen LogP contribution in [0.1, 0.15) is 18.5 Å². The molecule has 0 saturated heterocycles. The van der Waals surface area contributed by atoms with Crippen molar-refractivity contribution in [2.75, 3.05) is 19.4 Å². The molecule has 1 aromatic carbocycles. The number of ether oxygens (including phenoxy) is 1. The standard InChI is InChI=1S/C11H15NO2S/c1-3-12-9-7-15(13)11-8(9)5-4-6-10(11)14-2/h4-6,9,12H,3,7H2,1-2H3. The van der Waals surface area contributed by atoms with E-state index < -0.39 is 10.8 Å². The molecule has 0 aliphatic carbocycles. The fourth-order valence-corrected chi connectivity index (χ4v) is 3.57. The molecule has 0 fully saturated rings. The number of hydrogen-bond acceptors (Lipinski definition) is 3. The molecule has 1 aliphatic heterocycles. The molecule has 0 saturated carbocycles. The zero-order valence-corrected chi connectivity index (χ0v) is 9.76. The Balaban J connectivity index is 2.44. The van der Waals surface area contributed by atoms with Crippen LogP contribution in [0.4, 0.5) is 0 Å². The number of benzene rings is 1. The van der Waals surface area contributed by atoms with E-state index in [9.17, 15) is 4.21 Å². The van der Waals surface area contributed by atoms with Gasteiger partial charge < -0.3 is 10.1 Å². The van der Waals surface area contributed by atoms with Crippen molar-refractivity contribution in [3.8, 4) is 5.75 Å². The molecule has 2 unspecified atom stereocenters. The number of hydrogen-bond donors (Lipinski definition) is 1. The van der Waals surface area contributed by atoms with Gasteiger partial charge in [0.05, 0.1) is 22.8 Å². The van der Waals surface area contributed by atoms with Crippen LogP contribution in [0, 0.1) is 0 Å². The van der Waals surface area contributed by atoms with Crippen molar-refractivity contribution in [3.63, 3.8) is 0 Å². The van der Waals surface area contributed by atoms with Crippen molar-refractivity contribution < 1.29 is 8.95 Å². The summed E-state index contributed by atoms with van der Waals surface area (Å²) in [5.74, 6) is 1.40. The maximum absolute atomic E-state index is 11.9. The molecule has 4 heteroatoms. The first-order chi connectivity index (χ1) is 7.27. The molecule has 2 rings (SSSR count). The Bertz CT molecular complexity index is 392. The third-order valence-corrected chi connectivity index (χ3v) is 4.13. The van der Waals surface area contributed by atoms with Gasteiger partial charge in [-0.15, -0.1) is 0 Å². The molecule has 1 heterocycles. The molecule has 0 bridgehead atoms. The predicted octanol–water partition coefficient (Wildman–Crippen LogP) is 1.47. The fourth-order valence-electron chi connectivity index (χ4n) is 1.95. The normalized spacial score (nSPS) is 23.9. The van der Waals surface area contributed by atoms with Crippen molar-refractivity contribution in [1.29, 1.82) is 0 Å². The minimum absolute atomic E-state index is 0.209. The minimum atomic E-state index is -0.928. The second kappa shape index (κ2) is 4.33. The van der Waals surface area contributed by atoms with Crippen LogP contribution in [-0.4, -0.2) is 23.6 Å². The third-order valence-electron chi connectivity index (χ3n) is 2.60. The maximum atomic E-state index is 11.9. The van der Waals surface area contributed by atoms with E-state index in [1.54, 1.807) is 7.11 Å². The summed E-state index contributed by atoms with van der Waals surface area (Å²) in [6.45, 7) is 2.94. The van der Waals surface area contributed by atoms with E-state index in [2.05, 4.69) is 12.2 Å². The van der Waals surface area contributed by atoms with Crippen LogP contribution < -0.4 is 10.1 Å². The van der Waals surface area contributed by atoms with E-state index >= 15 is 0 Å². The van der Waals surface area contributed by atoms with Gasteiger partial charge in [-0.3, -0.25) is 4.21 Å². The van der Waals surface area contributed by atoms with E-state index in [0.717, 1.165) is 22.8 Å². The highest BCUT2D eigenvalue weighted by Crippen LogP contribution is 2.36. The summed E-state index contributed by atoms with van der Waals surface area (Å²) in [5, 5.41) is 3.33. The van der Waals surface area contributed by atoms with Crippen LogP contribution >= 0.6 is 0 Å². The maximum Gasteiger partial charge on any atom is 0.135 e. The number of fused-ring (bicyclic) bond motifs is 1. The molecular weight excluding hydrogens is 210 g/mol. The smallest absolute Gasteiger partial charge is 0.135 e. The SMILES string of the molecule is CCNC1CS(=O)c2c(OC)cccc21. The first-order valence-electron chi connectivity index (χ1n) is 5.06. The lowest BCUT2D eigenvalue weighted by molar-refractivity contribution is 0.403. The molecule has 1 aromatic rings. The highest BCUT2D eigenvalue weighted by atomic mass is 32.2. The van der Waals surface area contributed by atoms with Crippen molar-refractivity contribution in [3.05, 3.63) is 23.8 Å². The van der Waals surface area contributed by atoms with Crippen molar-refractivity contribution >= 4 is 10.8 Å². The zero-order valence-electron chi connectivity index (χ0n) is 8.95. The Hall–Kier alpha value is -0.870. The quantitative estimate of drug-likeness (QED) is 0.846. The molecule has 82 valence electrons. The van der Waals surface area contributed by atoms with E-state index in [1.165, 1.54) is 0 Å². The summed E-state index contributed by atoms with van der Waals surface area (Å²) in [6, 6.07) is 6.05. The second-order valence-corrected chi connectivity index (χ2v) is 4.93. The summed E-state index contributed by atoms with van der Waals surface area (Å²) in [7, 11) is 0.690. The number of nitrogens with one attached hydrogen (secondary N) is 1. The van der Waals surface area contributed by atoms with Gasteiger partial charge in [-0.25, -0.2) is 0 Å². The molecular formula is C11H15NO2S. The lowest BCUT2D eigenvalue weighted by Crippen LogP contribution is -2.21. The van der Waals surface area contributed by atoms with Crippen LogP contribution in [0.15, 0.2) is 23.1 Å². The Morgan fingerprint density at radius 2 is 2.40 bits per heavy atom. The molecule has 15 heavy (non-hydrogen) atoms. The molecule has 0 amide bonds. The van der Waals surface area contributed by atoms with Crippen molar-refractivity contribution in [2.45, 2.75) is 17.9 Å². The Morgan fingerprint density at radius 3 is 3.07 bits per heavy atom. The second-order valence-electron chi connectivity index (χ2n) is 3.50. The van der Waals surface area contributed by atoms with Gasteiger partial charge in [0, 0.05) is 11.8 Å². The van der Waals surface area contributed by atoms with Gasteiger partial charge in [0.25, 0.3) is 0 Å². The van der Waals surface area contributed by atoms with Gasteiger partial charge in [0.2, 0.25) is 0 Å². The molecule has 3 nitrogen and oxygen atoms in total. The molecule has 1 N–H and O–H groups in total. The summed E-state index contributed by atoms with van der Waals surface area (Å²) in [5.41, 5.74) is 1.12. The van der Waals surface area contributed by atoms with Gasteiger partial charge >= 0.3 is 0 Å². The van der Waals surface area contributed by atoms with E-state index in [1.807, 2.05) is 18.2 Å². The summed E-state index contributed by atoms with van der Waals surface area (Å²) in [6.07, 6.45) is 0. The van der Waals surface area contributed by atoms with Gasteiger partial charge in [-0.05, 0) is 18.2 Å². The van der Waals surface area contributed by atoms with E-state index in [4.69, 9.17) is 4.74 Å². The van der Waals surface area contributed by atoms with Crippen LogP contribution in [0.5, 0.6) is 5.75 Å². The highest BCUT2D eigenvalue weighted by Gasteiger charge is 2.30. The predicted molar refractivity (Wildman–Crippen MR) is 60.7 cm³/mol. The first kappa shape index (κ1) is 10.6. The first-order valence-corrected chi connectivity index (χ1v) is 6.38. The number of rotatable bonds is 3. The summed E-state index contributed by atoms with van der Waals surface area (Å²) < 4.78 is 17.2. The third kappa shape index (κ3) is 1.79. The Morgan fingerprint density at radius 1 is 1.60 bits per heavy atom. The van der Waals surface area contributed by atoms with Crippen molar-refractivity contribution in [2.24, 2.45) is 0 Å². The van der Waals surface area contributed by atoms with Gasteiger partial charge in [-0.2, -0.15) is 0 Å². The Kier molecular flexibility index (Phi) is 3.07.